The van der Waals surface area contributed by atoms with Crippen LogP contribution in [0, 0.1) is 6.92 Å². The van der Waals surface area contributed by atoms with Crippen molar-refractivity contribution in [3.63, 3.8) is 0 Å². The molecule has 0 spiro atoms. The molecule has 0 unspecified atom stereocenters. The molecule has 3 N–H and O–H groups in total. The Morgan fingerprint density at radius 3 is 2.57 bits per heavy atom. The van der Waals surface area contributed by atoms with Gasteiger partial charge in [0.1, 0.15) is 0 Å². The van der Waals surface area contributed by atoms with E-state index in [2.05, 4.69) is 31.5 Å². The van der Waals surface area contributed by atoms with Crippen molar-refractivity contribution in [2.24, 2.45) is 0 Å². The molecule has 6 nitrogen and oxygen atoms in total. The van der Waals surface area contributed by atoms with E-state index in [1.54, 1.807) is 12.1 Å². The number of halogens is 1. The number of benzene rings is 1. The van der Waals surface area contributed by atoms with E-state index in [4.69, 9.17) is 5.11 Å². The summed E-state index contributed by atoms with van der Waals surface area (Å²) < 4.78 is 0.738. The van der Waals surface area contributed by atoms with Crippen molar-refractivity contribution < 1.29 is 14.7 Å². The Balaban J connectivity index is 2.14. The van der Waals surface area contributed by atoms with Gasteiger partial charge in [-0.25, -0.2) is 14.6 Å². The predicted octanol–water partition coefficient (Wildman–Crippen LogP) is 3.49. The standard InChI is InChI=1S/C14H12BrN3O3/c1-8-4-5-10(9(15)7-8)17-14(21)18-11-3-2-6-16-12(11)13(19)20/h2-7H,1H3,(H,19,20)(H2,17,18,21). The van der Waals surface area contributed by atoms with E-state index < -0.39 is 12.0 Å². The zero-order valence-electron chi connectivity index (χ0n) is 11.1. The summed E-state index contributed by atoms with van der Waals surface area (Å²) in [6, 6.07) is 7.94. The molecule has 7 heteroatoms. The topological polar surface area (TPSA) is 91.3 Å². The van der Waals surface area contributed by atoms with Gasteiger partial charge in [0, 0.05) is 10.7 Å². The summed E-state index contributed by atoms with van der Waals surface area (Å²) in [7, 11) is 0. The third-order valence-electron chi connectivity index (χ3n) is 2.63. The molecular formula is C14H12BrN3O3. The van der Waals surface area contributed by atoms with Crippen molar-refractivity contribution in [3.05, 3.63) is 52.3 Å². The average Bonchev–Trinajstić information content (AvgIpc) is 2.42. The lowest BCUT2D eigenvalue weighted by Crippen LogP contribution is -2.21. The van der Waals surface area contributed by atoms with Crippen LogP contribution in [0.3, 0.4) is 0 Å². The first-order chi connectivity index (χ1) is 9.97. The molecule has 2 aromatic rings. The number of nitrogens with zero attached hydrogens (tertiary/aromatic N) is 1. The van der Waals surface area contributed by atoms with Crippen molar-refractivity contribution >= 4 is 39.3 Å². The molecule has 0 radical (unpaired) electrons. The third kappa shape index (κ3) is 3.79. The Labute approximate surface area is 129 Å². The summed E-state index contributed by atoms with van der Waals surface area (Å²) in [6.45, 7) is 1.93. The van der Waals surface area contributed by atoms with Crippen LogP contribution < -0.4 is 10.6 Å². The van der Waals surface area contributed by atoms with Crippen LogP contribution in [0.4, 0.5) is 16.2 Å². The molecule has 108 valence electrons. The SMILES string of the molecule is Cc1ccc(NC(=O)Nc2cccnc2C(=O)O)c(Br)c1. The summed E-state index contributed by atoms with van der Waals surface area (Å²) in [4.78, 5) is 26.7. The first-order valence-electron chi connectivity index (χ1n) is 6.00. The number of carboxylic acid groups (broad SMARTS) is 1. The minimum atomic E-state index is -1.21. The number of anilines is 2. The normalized spacial score (nSPS) is 10.0. The van der Waals surface area contributed by atoms with Gasteiger partial charge in [0.25, 0.3) is 0 Å². The fraction of sp³-hybridized carbons (Fsp3) is 0.0714. The molecule has 0 saturated carbocycles. The second-order valence-corrected chi connectivity index (χ2v) is 5.12. The number of hydrogen-bond donors (Lipinski definition) is 3. The maximum absolute atomic E-state index is 11.9. The highest BCUT2D eigenvalue weighted by molar-refractivity contribution is 9.10. The highest BCUT2D eigenvalue weighted by Crippen LogP contribution is 2.23. The molecular weight excluding hydrogens is 338 g/mol. The number of rotatable bonds is 3. The minimum absolute atomic E-state index is 0.130. The summed E-state index contributed by atoms with van der Waals surface area (Å²) in [5.74, 6) is -1.21. The second-order valence-electron chi connectivity index (χ2n) is 4.27. The molecule has 2 rings (SSSR count). The van der Waals surface area contributed by atoms with Gasteiger partial charge in [-0.05, 0) is 52.7 Å². The number of nitrogens with one attached hydrogen (secondary N) is 2. The lowest BCUT2D eigenvalue weighted by atomic mass is 10.2. The smallest absolute Gasteiger partial charge is 0.356 e. The highest BCUT2D eigenvalue weighted by Gasteiger charge is 2.13. The number of carbonyl (C=O) groups is 2. The van der Waals surface area contributed by atoms with Crippen molar-refractivity contribution in [2.75, 3.05) is 10.6 Å². The van der Waals surface area contributed by atoms with E-state index in [-0.39, 0.29) is 11.4 Å². The Kier molecular flexibility index (Phi) is 4.54. The Bertz CT molecular complexity index is 704. The number of aromatic nitrogens is 1. The number of aryl methyl sites for hydroxylation is 1. The fourth-order valence-corrected chi connectivity index (χ4v) is 2.27. The van der Waals surface area contributed by atoms with Crippen molar-refractivity contribution in [2.45, 2.75) is 6.92 Å². The van der Waals surface area contributed by atoms with Gasteiger partial charge in [0.15, 0.2) is 5.69 Å². The van der Waals surface area contributed by atoms with E-state index in [9.17, 15) is 9.59 Å². The van der Waals surface area contributed by atoms with Crippen molar-refractivity contribution in [1.82, 2.24) is 4.98 Å². The van der Waals surface area contributed by atoms with Crippen LogP contribution >= 0.6 is 15.9 Å². The van der Waals surface area contributed by atoms with E-state index >= 15 is 0 Å². The zero-order valence-corrected chi connectivity index (χ0v) is 12.6. The lowest BCUT2D eigenvalue weighted by Gasteiger charge is -2.10. The fourth-order valence-electron chi connectivity index (χ4n) is 1.67. The molecule has 0 bridgehead atoms. The molecule has 1 heterocycles. The van der Waals surface area contributed by atoms with E-state index in [1.807, 2.05) is 19.1 Å². The van der Waals surface area contributed by atoms with E-state index in [1.165, 1.54) is 12.3 Å². The van der Waals surface area contributed by atoms with Gasteiger partial charge in [-0.3, -0.25) is 0 Å². The molecule has 1 aromatic carbocycles. The molecule has 0 atom stereocenters. The van der Waals surface area contributed by atoms with Gasteiger partial charge in [0.2, 0.25) is 0 Å². The minimum Gasteiger partial charge on any atom is -0.476 e. The quantitative estimate of drug-likeness (QED) is 0.790. The number of hydrogen-bond acceptors (Lipinski definition) is 3. The monoisotopic (exact) mass is 349 g/mol. The summed E-state index contributed by atoms with van der Waals surface area (Å²) in [5.41, 5.74) is 1.55. The third-order valence-corrected chi connectivity index (χ3v) is 3.29. The van der Waals surface area contributed by atoms with E-state index in [0.29, 0.717) is 5.69 Å². The van der Waals surface area contributed by atoms with Gasteiger partial charge in [-0.2, -0.15) is 0 Å². The highest BCUT2D eigenvalue weighted by atomic mass is 79.9. The second kappa shape index (κ2) is 6.36. The van der Waals surface area contributed by atoms with Crippen LogP contribution in [-0.2, 0) is 0 Å². The number of pyridine rings is 1. The summed E-state index contributed by atoms with van der Waals surface area (Å²) in [5, 5.41) is 14.1. The first kappa shape index (κ1) is 15.0. The van der Waals surface area contributed by atoms with Crippen LogP contribution in [0.5, 0.6) is 0 Å². The van der Waals surface area contributed by atoms with Gasteiger partial charge < -0.3 is 15.7 Å². The van der Waals surface area contributed by atoms with Gasteiger partial charge in [0.05, 0.1) is 11.4 Å². The number of carboxylic acids is 1. The van der Waals surface area contributed by atoms with Crippen LogP contribution in [-0.4, -0.2) is 22.1 Å². The van der Waals surface area contributed by atoms with Gasteiger partial charge in [-0.15, -0.1) is 0 Å². The maximum Gasteiger partial charge on any atom is 0.356 e. The number of urea groups is 1. The Hall–Kier alpha value is -2.41. The molecule has 0 aliphatic rings. The summed E-state index contributed by atoms with van der Waals surface area (Å²) >= 11 is 3.35. The molecule has 0 aliphatic carbocycles. The van der Waals surface area contributed by atoms with Crippen molar-refractivity contribution in [1.29, 1.82) is 0 Å². The molecule has 21 heavy (non-hydrogen) atoms. The number of amides is 2. The van der Waals surface area contributed by atoms with Crippen LogP contribution in [0.25, 0.3) is 0 Å². The predicted molar refractivity (Wildman–Crippen MR) is 82.7 cm³/mol. The lowest BCUT2D eigenvalue weighted by molar-refractivity contribution is 0.0692. The van der Waals surface area contributed by atoms with Crippen LogP contribution in [0.1, 0.15) is 16.1 Å². The first-order valence-corrected chi connectivity index (χ1v) is 6.79. The van der Waals surface area contributed by atoms with Crippen LogP contribution in [0.15, 0.2) is 41.0 Å². The van der Waals surface area contributed by atoms with Gasteiger partial charge >= 0.3 is 12.0 Å². The molecule has 0 saturated heterocycles. The molecule has 2 amide bonds. The molecule has 0 aliphatic heterocycles. The Morgan fingerprint density at radius 1 is 1.19 bits per heavy atom. The zero-order chi connectivity index (χ0) is 15.4. The van der Waals surface area contributed by atoms with Crippen LogP contribution in [0.2, 0.25) is 0 Å². The molecule has 0 fully saturated rings. The van der Waals surface area contributed by atoms with Crippen molar-refractivity contribution in [3.8, 4) is 0 Å². The number of carbonyl (C=O) groups excluding carboxylic acids is 1. The largest absolute Gasteiger partial charge is 0.476 e. The molecule has 1 aromatic heterocycles. The summed E-state index contributed by atoms with van der Waals surface area (Å²) in [6.07, 6.45) is 1.35. The maximum atomic E-state index is 11.9. The van der Waals surface area contributed by atoms with Gasteiger partial charge in [-0.1, -0.05) is 6.07 Å². The average molecular weight is 350 g/mol. The van der Waals surface area contributed by atoms with E-state index in [0.717, 1.165) is 10.0 Å². The Morgan fingerprint density at radius 2 is 1.90 bits per heavy atom. The number of aromatic carboxylic acids is 1.